The number of esters is 2. The molecule has 5 unspecified atom stereocenters. The Labute approximate surface area is 219 Å². The van der Waals surface area contributed by atoms with Crippen LogP contribution in [0.15, 0.2) is 23.3 Å². The number of rotatable bonds is 4. The van der Waals surface area contributed by atoms with E-state index in [2.05, 4.69) is 20.8 Å². The van der Waals surface area contributed by atoms with Crippen molar-refractivity contribution in [3.63, 3.8) is 0 Å². The lowest BCUT2D eigenvalue weighted by atomic mass is 9.44. The molecule has 7 heteroatoms. The van der Waals surface area contributed by atoms with Crippen molar-refractivity contribution in [2.75, 3.05) is 6.61 Å². The summed E-state index contributed by atoms with van der Waals surface area (Å²) in [5, 5.41) is 10.9. The normalized spacial score (nSPS) is 48.9. The van der Waals surface area contributed by atoms with Gasteiger partial charge >= 0.3 is 11.9 Å². The average Bonchev–Trinajstić information content (AvgIpc) is 3.47. The molecule has 0 amide bonds. The summed E-state index contributed by atoms with van der Waals surface area (Å²) in [7, 11) is 0. The van der Waals surface area contributed by atoms with Gasteiger partial charge in [0, 0.05) is 13.3 Å². The number of epoxide rings is 1. The van der Waals surface area contributed by atoms with Gasteiger partial charge in [0.15, 0.2) is 5.78 Å². The van der Waals surface area contributed by atoms with Crippen LogP contribution in [0.5, 0.6) is 0 Å². The Morgan fingerprint density at radius 1 is 1.22 bits per heavy atom. The van der Waals surface area contributed by atoms with Crippen LogP contribution in [0.3, 0.4) is 0 Å². The molecular formula is C30H40O7. The first-order chi connectivity index (χ1) is 17.4. The van der Waals surface area contributed by atoms with Gasteiger partial charge in [0.25, 0.3) is 0 Å². The molecule has 202 valence electrons. The summed E-state index contributed by atoms with van der Waals surface area (Å²) in [5.41, 5.74) is 0.121. The zero-order valence-electron chi connectivity index (χ0n) is 22.6. The van der Waals surface area contributed by atoms with Gasteiger partial charge in [-0.15, -0.1) is 0 Å². The van der Waals surface area contributed by atoms with Crippen LogP contribution in [0.4, 0.5) is 0 Å². The molecule has 6 aliphatic rings. The number of aliphatic hydroxyl groups excluding tert-OH is 1. The van der Waals surface area contributed by atoms with Crippen LogP contribution >= 0.6 is 0 Å². The summed E-state index contributed by atoms with van der Waals surface area (Å²) in [6.07, 6.45) is 8.05. The van der Waals surface area contributed by atoms with Crippen LogP contribution in [0.2, 0.25) is 0 Å². The molecule has 2 aliphatic heterocycles. The summed E-state index contributed by atoms with van der Waals surface area (Å²) in [5.74, 6) is 1.07. The van der Waals surface area contributed by atoms with Crippen molar-refractivity contribution in [2.45, 2.75) is 97.1 Å². The number of fused-ring (bicyclic) bond motifs is 4. The quantitative estimate of drug-likeness (QED) is 0.450. The maximum Gasteiger partial charge on any atom is 0.337 e. The Kier molecular flexibility index (Phi) is 5.64. The molecule has 7 nitrogen and oxygen atoms in total. The summed E-state index contributed by atoms with van der Waals surface area (Å²) in [6, 6.07) is 0. The fourth-order valence-corrected chi connectivity index (χ4v) is 9.85. The van der Waals surface area contributed by atoms with Crippen molar-refractivity contribution < 1.29 is 33.7 Å². The molecule has 0 bridgehead atoms. The van der Waals surface area contributed by atoms with E-state index < -0.39 is 23.1 Å². The minimum Gasteiger partial charge on any atom is -0.461 e. The number of aliphatic hydroxyl groups is 1. The lowest BCUT2D eigenvalue weighted by molar-refractivity contribution is -0.156. The third kappa shape index (κ3) is 3.28. The van der Waals surface area contributed by atoms with Gasteiger partial charge in [-0.05, 0) is 93.1 Å². The molecule has 0 aromatic carbocycles. The molecule has 6 rings (SSSR count). The van der Waals surface area contributed by atoms with Crippen LogP contribution < -0.4 is 0 Å². The van der Waals surface area contributed by atoms with Crippen molar-refractivity contribution in [3.05, 3.63) is 23.3 Å². The van der Waals surface area contributed by atoms with Crippen LogP contribution in [0.25, 0.3) is 0 Å². The summed E-state index contributed by atoms with van der Waals surface area (Å²) in [6.45, 7) is 9.97. The molecule has 4 fully saturated rings. The number of hydrogen-bond donors (Lipinski definition) is 1. The Morgan fingerprint density at radius 3 is 2.68 bits per heavy atom. The second kappa shape index (κ2) is 8.25. The first-order valence-corrected chi connectivity index (χ1v) is 14.1. The number of carbonyl (C=O) groups excluding carboxylic acids is 3. The Morgan fingerprint density at radius 2 is 1.97 bits per heavy atom. The SMILES string of the molecule is CC(=O)OCC1=C(C)CC([C@@H](C)C2CCC3C4C[C@H]5O[C@]56[C@@H](O)C=CC(=O)[C@]6(C)C4CC[C@@]32C)OC1=O. The standard InChI is InChI=1S/C30H40O7/c1-15-12-23(36-27(34)19(15)14-35-17(3)31)16(2)20-6-7-21-18-13-26-30(37-26)25(33)9-8-24(32)29(30,5)22(18)10-11-28(20,21)4/h8-9,16,18,20-23,25-26,33H,6-7,10-14H2,1-5H3/t16-,18?,20?,21?,22?,23?,25-,26+,28+,29-,30+/m0/s1. The van der Waals surface area contributed by atoms with Gasteiger partial charge in [0.2, 0.25) is 0 Å². The maximum atomic E-state index is 13.3. The maximum absolute atomic E-state index is 13.3. The molecule has 11 atom stereocenters. The van der Waals surface area contributed by atoms with Crippen LogP contribution in [0, 0.1) is 40.4 Å². The smallest absolute Gasteiger partial charge is 0.337 e. The fourth-order valence-electron chi connectivity index (χ4n) is 9.85. The molecule has 2 heterocycles. The number of hydrogen-bond acceptors (Lipinski definition) is 7. The van der Waals surface area contributed by atoms with Gasteiger partial charge in [0.1, 0.15) is 24.4 Å². The number of allylic oxidation sites excluding steroid dienone is 1. The van der Waals surface area contributed by atoms with Gasteiger partial charge < -0.3 is 19.3 Å². The predicted octanol–water partition coefficient (Wildman–Crippen LogP) is 3.92. The van der Waals surface area contributed by atoms with Crippen molar-refractivity contribution in [1.82, 2.24) is 0 Å². The van der Waals surface area contributed by atoms with E-state index in [1.165, 1.54) is 6.92 Å². The molecule has 3 saturated carbocycles. The van der Waals surface area contributed by atoms with Gasteiger partial charge in [-0.3, -0.25) is 9.59 Å². The van der Waals surface area contributed by atoms with E-state index in [4.69, 9.17) is 14.2 Å². The molecule has 0 aromatic rings. The van der Waals surface area contributed by atoms with Crippen molar-refractivity contribution >= 4 is 17.7 Å². The predicted molar refractivity (Wildman–Crippen MR) is 134 cm³/mol. The first-order valence-electron chi connectivity index (χ1n) is 14.1. The molecule has 1 N–H and O–H groups in total. The second-order valence-electron chi connectivity index (χ2n) is 13.2. The molecule has 37 heavy (non-hydrogen) atoms. The van der Waals surface area contributed by atoms with Gasteiger partial charge in [-0.1, -0.05) is 19.4 Å². The Bertz CT molecular complexity index is 1110. The third-order valence-electron chi connectivity index (χ3n) is 11.9. The van der Waals surface area contributed by atoms with E-state index in [0.29, 0.717) is 29.7 Å². The second-order valence-corrected chi connectivity index (χ2v) is 13.2. The number of ketones is 1. The van der Waals surface area contributed by atoms with Crippen LogP contribution in [-0.2, 0) is 28.6 Å². The van der Waals surface area contributed by atoms with E-state index in [0.717, 1.165) is 37.7 Å². The van der Waals surface area contributed by atoms with Crippen molar-refractivity contribution in [2.24, 2.45) is 40.4 Å². The number of ether oxygens (including phenoxy) is 3. The topological polar surface area (TPSA) is 102 Å². The highest BCUT2D eigenvalue weighted by atomic mass is 16.6. The van der Waals surface area contributed by atoms with E-state index >= 15 is 0 Å². The molecular weight excluding hydrogens is 472 g/mol. The number of cyclic esters (lactones) is 1. The van der Waals surface area contributed by atoms with Crippen LogP contribution in [-0.4, -0.2) is 53.3 Å². The van der Waals surface area contributed by atoms with Gasteiger partial charge in [-0.25, -0.2) is 4.79 Å². The summed E-state index contributed by atoms with van der Waals surface area (Å²) < 4.78 is 17.3. The zero-order chi connectivity index (χ0) is 26.5. The van der Waals surface area contributed by atoms with Crippen molar-refractivity contribution in [3.8, 4) is 0 Å². The van der Waals surface area contributed by atoms with Gasteiger partial charge in [0.05, 0.1) is 17.1 Å². The molecule has 1 saturated heterocycles. The highest BCUT2D eigenvalue weighted by Gasteiger charge is 2.80. The summed E-state index contributed by atoms with van der Waals surface area (Å²) in [4.78, 5) is 37.4. The lowest BCUT2D eigenvalue weighted by Gasteiger charge is -2.58. The Hall–Kier alpha value is -1.99. The van der Waals surface area contributed by atoms with Gasteiger partial charge in [-0.2, -0.15) is 0 Å². The minimum atomic E-state index is -0.733. The molecule has 0 aromatic heterocycles. The van der Waals surface area contributed by atoms with E-state index in [1.54, 1.807) is 12.2 Å². The molecule has 4 aliphatic carbocycles. The fraction of sp³-hybridized carbons (Fsp3) is 0.767. The van der Waals surface area contributed by atoms with E-state index in [9.17, 15) is 19.5 Å². The van der Waals surface area contributed by atoms with Crippen molar-refractivity contribution in [1.29, 1.82) is 0 Å². The highest BCUT2D eigenvalue weighted by Crippen LogP contribution is 2.73. The third-order valence-corrected chi connectivity index (χ3v) is 11.9. The largest absolute Gasteiger partial charge is 0.461 e. The molecule has 1 spiro atoms. The lowest BCUT2D eigenvalue weighted by Crippen LogP contribution is -2.63. The average molecular weight is 513 g/mol. The van der Waals surface area contributed by atoms with Crippen LogP contribution in [0.1, 0.15) is 73.1 Å². The summed E-state index contributed by atoms with van der Waals surface area (Å²) >= 11 is 0. The Balaban J connectivity index is 1.22. The molecule has 0 radical (unpaired) electrons. The highest BCUT2D eigenvalue weighted by molar-refractivity contribution is 5.98. The number of carbonyl (C=O) groups is 3. The minimum absolute atomic E-state index is 0.0283. The zero-order valence-corrected chi connectivity index (χ0v) is 22.6. The first kappa shape index (κ1) is 25.3. The monoisotopic (exact) mass is 512 g/mol. The van der Waals surface area contributed by atoms with E-state index in [-0.39, 0.29) is 47.8 Å². The van der Waals surface area contributed by atoms with E-state index in [1.807, 2.05) is 6.92 Å².